The van der Waals surface area contributed by atoms with Crippen LogP contribution in [0.3, 0.4) is 0 Å². The fourth-order valence-corrected chi connectivity index (χ4v) is 13.8. The van der Waals surface area contributed by atoms with Gasteiger partial charge in [0.15, 0.2) is 71.7 Å². The summed E-state index contributed by atoms with van der Waals surface area (Å²) in [6, 6.07) is 42.8. The van der Waals surface area contributed by atoms with Gasteiger partial charge in [0.25, 0.3) is 0 Å². The lowest BCUT2D eigenvalue weighted by atomic mass is 10.0. The van der Waals surface area contributed by atoms with E-state index < -0.39 is 45.5 Å². The molecule has 11 rings (SSSR count). The largest absolute Gasteiger partial charge is 0.488 e. The predicted molar refractivity (Wildman–Crippen MR) is 381 cm³/mol. The van der Waals surface area contributed by atoms with Crippen LogP contribution in [-0.2, 0) is 58.6 Å². The Morgan fingerprint density at radius 3 is 1.12 bits per heavy atom. The number of carbonyl (C=O) groups excluding carboxylic acids is 3. The molecule has 0 spiro atoms. The van der Waals surface area contributed by atoms with E-state index >= 15 is 0 Å². The zero-order chi connectivity index (χ0) is 72.1. The molecule has 29 heteroatoms. The number of benzene rings is 7. The van der Waals surface area contributed by atoms with Crippen molar-refractivity contribution in [2.24, 2.45) is 0 Å². The van der Waals surface area contributed by atoms with Gasteiger partial charge in [0.05, 0.1) is 26.2 Å². The molecule has 2 N–H and O–H groups in total. The summed E-state index contributed by atoms with van der Waals surface area (Å²) in [5, 5.41) is 12.3. The quantitative estimate of drug-likeness (QED) is 0.0502. The summed E-state index contributed by atoms with van der Waals surface area (Å²) >= 11 is 3.93. The SMILES string of the molecule is C[C@@H](CO)Oc1cc(CC(=O)c2nccs2)cc(Oc2ccc(S(C)(=O)=O)cc2)c1.Cc1cnc(C(=O)Cc2cc(Oc3ccc(S(C)(=O)=O)cc3)cc(-c3cc[nH]c(=O)c3)c2)s1.Cc1cnc(C(=O)Cc2cc(Oc3ccc(S(C)(=O)=O)cc3)cc(Oc3ccc(S(C)(=O)=O)cc3)c2)s1. The van der Waals surface area contributed by atoms with E-state index in [2.05, 4.69) is 19.9 Å². The zero-order valence-electron chi connectivity index (χ0n) is 54.5. The molecular formula is C71H64N4O18S7. The maximum absolute atomic E-state index is 12.8. The van der Waals surface area contributed by atoms with Crippen LogP contribution in [0.5, 0.6) is 51.7 Å². The van der Waals surface area contributed by atoms with Crippen LogP contribution in [0.2, 0.25) is 0 Å². The summed E-state index contributed by atoms with van der Waals surface area (Å²) in [5.41, 5.74) is 3.13. The first-order chi connectivity index (χ1) is 47.3. The number of aromatic amines is 1. The number of thiazole rings is 3. The number of hydrogen-bond donors (Lipinski definition) is 2. The Bertz CT molecular complexity index is 5200. The van der Waals surface area contributed by atoms with Crippen molar-refractivity contribution in [3.05, 3.63) is 246 Å². The summed E-state index contributed by atoms with van der Waals surface area (Å²) in [6.07, 6.45) is 10.8. The fourth-order valence-electron chi connectivity index (χ4n) is 9.27. The lowest BCUT2D eigenvalue weighted by Crippen LogP contribution is -2.16. The number of ketones is 3. The van der Waals surface area contributed by atoms with Crippen LogP contribution < -0.4 is 29.2 Å². The minimum Gasteiger partial charge on any atom is -0.488 e. The van der Waals surface area contributed by atoms with E-state index in [0.717, 1.165) is 34.8 Å². The van der Waals surface area contributed by atoms with E-state index in [-0.39, 0.29) is 68.4 Å². The molecule has 4 aromatic heterocycles. The molecule has 0 aliphatic rings. The number of aryl methyl sites for hydroxylation is 2. The van der Waals surface area contributed by atoms with Crippen molar-refractivity contribution in [2.75, 3.05) is 31.6 Å². The Hall–Kier alpha value is -9.85. The van der Waals surface area contributed by atoms with Crippen LogP contribution in [0.4, 0.5) is 0 Å². The Labute approximate surface area is 589 Å². The maximum Gasteiger partial charge on any atom is 0.248 e. The van der Waals surface area contributed by atoms with Crippen molar-refractivity contribution < 1.29 is 76.8 Å². The van der Waals surface area contributed by atoms with Gasteiger partial charge >= 0.3 is 0 Å². The number of nitrogens with one attached hydrogen (secondary N) is 1. The fraction of sp³-hybridized carbons (Fsp3) is 0.169. The Balaban J connectivity index is 0.000000176. The number of nitrogens with zero attached hydrogens (tertiary/aromatic N) is 3. The molecule has 11 aromatic rings. The highest BCUT2D eigenvalue weighted by Crippen LogP contribution is 2.35. The van der Waals surface area contributed by atoms with Gasteiger partial charge in [-0.1, -0.05) is 6.07 Å². The summed E-state index contributed by atoms with van der Waals surface area (Å²) in [7, 11) is -13.3. The molecule has 0 aliphatic carbocycles. The van der Waals surface area contributed by atoms with Gasteiger partial charge in [0, 0.05) is 102 Å². The van der Waals surface area contributed by atoms with Crippen molar-refractivity contribution in [2.45, 2.75) is 65.7 Å². The number of aromatic nitrogens is 4. The summed E-state index contributed by atoms with van der Waals surface area (Å²) < 4.78 is 123. The molecule has 0 amide bonds. The molecular weight excluding hydrogens is 1420 g/mol. The number of H-pyrrole nitrogens is 1. The number of Topliss-reactive ketones (excluding diaryl/α,β-unsaturated/α-hetero) is 3. The van der Waals surface area contributed by atoms with Gasteiger partial charge in [-0.25, -0.2) is 48.6 Å². The van der Waals surface area contributed by atoms with Crippen molar-refractivity contribution in [1.82, 2.24) is 19.9 Å². The highest BCUT2D eigenvalue weighted by Gasteiger charge is 2.19. The third kappa shape index (κ3) is 21.8. The predicted octanol–water partition coefficient (Wildman–Crippen LogP) is 13.2. The monoisotopic (exact) mass is 1480 g/mol. The summed E-state index contributed by atoms with van der Waals surface area (Å²) in [6.45, 7) is 5.32. The minimum atomic E-state index is -3.35. The molecule has 22 nitrogen and oxygen atoms in total. The summed E-state index contributed by atoms with van der Waals surface area (Å²) in [5.74, 6) is 3.35. The number of rotatable bonds is 25. The van der Waals surface area contributed by atoms with Crippen molar-refractivity contribution in [3.8, 4) is 62.9 Å². The molecule has 0 bridgehead atoms. The first kappa shape index (κ1) is 74.4. The van der Waals surface area contributed by atoms with Crippen molar-refractivity contribution in [1.29, 1.82) is 0 Å². The number of aliphatic hydroxyl groups is 1. The van der Waals surface area contributed by atoms with Gasteiger partial charge in [0.1, 0.15) is 57.8 Å². The van der Waals surface area contributed by atoms with Crippen LogP contribution in [0.15, 0.2) is 218 Å². The lowest BCUT2D eigenvalue weighted by Gasteiger charge is -2.15. The second-order valence-electron chi connectivity index (χ2n) is 22.6. The second-order valence-corrected chi connectivity index (χ2v) is 34.0. The lowest BCUT2D eigenvalue weighted by molar-refractivity contribution is 0.0984. The number of pyridine rings is 1. The molecule has 0 saturated heterocycles. The number of carbonyl (C=O) groups is 3. The van der Waals surface area contributed by atoms with E-state index in [9.17, 15) is 58.0 Å². The van der Waals surface area contributed by atoms with E-state index in [1.165, 1.54) is 113 Å². The average Bonchev–Trinajstić information content (AvgIpc) is 0.861. The Morgan fingerprint density at radius 1 is 0.440 bits per heavy atom. The number of hydrogen-bond acceptors (Lipinski definition) is 24. The van der Waals surface area contributed by atoms with Gasteiger partial charge in [-0.2, -0.15) is 0 Å². The number of ether oxygens (including phenoxy) is 5. The first-order valence-corrected chi connectivity index (χ1v) is 40.0. The van der Waals surface area contributed by atoms with Crippen LogP contribution in [0, 0.1) is 13.8 Å². The third-order valence-corrected chi connectivity index (χ3v) is 21.2. The molecule has 7 aromatic carbocycles. The van der Waals surface area contributed by atoms with Crippen LogP contribution in [0.1, 0.15) is 62.8 Å². The van der Waals surface area contributed by atoms with E-state index in [4.69, 9.17) is 23.7 Å². The average molecular weight is 1490 g/mol. The number of aliphatic hydroxyl groups excluding tert-OH is 1. The molecule has 0 aliphatic heterocycles. The van der Waals surface area contributed by atoms with E-state index in [1.54, 1.807) is 116 Å². The van der Waals surface area contributed by atoms with Crippen LogP contribution in [-0.4, -0.2) is 114 Å². The first-order valence-electron chi connectivity index (χ1n) is 29.9. The zero-order valence-corrected chi connectivity index (χ0v) is 60.2. The molecule has 518 valence electrons. The van der Waals surface area contributed by atoms with Crippen LogP contribution >= 0.6 is 34.0 Å². The van der Waals surface area contributed by atoms with Gasteiger partial charge in [-0.05, 0) is 188 Å². The molecule has 0 saturated carbocycles. The normalized spacial score (nSPS) is 11.8. The Kier molecular flexibility index (Phi) is 24.1. The van der Waals surface area contributed by atoms with Crippen molar-refractivity contribution >= 4 is 90.7 Å². The van der Waals surface area contributed by atoms with Crippen molar-refractivity contribution in [3.63, 3.8) is 0 Å². The van der Waals surface area contributed by atoms with E-state index in [0.29, 0.717) is 94.6 Å². The maximum atomic E-state index is 12.8. The molecule has 0 radical (unpaired) electrons. The topological polar surface area (TPSA) is 326 Å². The molecule has 4 heterocycles. The molecule has 0 fully saturated rings. The van der Waals surface area contributed by atoms with Crippen LogP contribution in [0.25, 0.3) is 11.1 Å². The van der Waals surface area contributed by atoms with Gasteiger partial charge < -0.3 is 33.8 Å². The number of sulfone groups is 4. The summed E-state index contributed by atoms with van der Waals surface area (Å²) in [4.78, 5) is 67.3. The molecule has 0 unspecified atom stereocenters. The Morgan fingerprint density at radius 2 is 0.790 bits per heavy atom. The molecule has 1 atom stereocenters. The smallest absolute Gasteiger partial charge is 0.248 e. The highest BCUT2D eigenvalue weighted by atomic mass is 32.2. The minimum absolute atomic E-state index is 0.0561. The highest BCUT2D eigenvalue weighted by molar-refractivity contribution is 7.91. The van der Waals surface area contributed by atoms with Gasteiger partial charge in [0.2, 0.25) is 5.56 Å². The standard InChI is InChI=1S/C26H23NO7S3.C24H20N2O5S2.C21H21NO6S2/c1-17-16-27-26(35-17)25(28)14-18-12-21(33-19-4-8-23(9-5-19)36(2,29)30)15-22(13-18)34-20-6-10-24(11-7-20)37(3,31)32;1-15-14-26-24(32-15)22(27)11-16-9-18(17-7-8-25-23(28)13-17)12-20(10-16)31-19-3-5-21(6-4-19)33(2,29)30;1-14(13-23)27-17-9-15(11-20(24)21-22-7-8-29-21)10-18(12-17)28-16-3-5-19(6-4-16)30(2,25)26/h4-13,15-16H,14H2,1-3H3;3-10,12-14H,11H2,1-2H3,(H,25,28);3-10,12,14,23H,11,13H2,1-2H3/t;;14-/m..0/s1. The van der Waals surface area contributed by atoms with Gasteiger partial charge in [-0.15, -0.1) is 34.0 Å². The molecule has 100 heavy (non-hydrogen) atoms. The van der Waals surface area contributed by atoms with Gasteiger partial charge in [-0.3, -0.25) is 19.2 Å². The van der Waals surface area contributed by atoms with E-state index in [1.807, 2.05) is 19.9 Å². The second kappa shape index (κ2) is 32.4. The third-order valence-electron chi connectivity index (χ3n) is 14.0.